The number of amides is 4. The molecule has 1 saturated heterocycles. The normalized spacial score (nSPS) is 14.3. The summed E-state index contributed by atoms with van der Waals surface area (Å²) < 4.78 is 0. The van der Waals surface area contributed by atoms with Gasteiger partial charge in [-0.25, -0.2) is 4.79 Å². The number of nitrogens with one attached hydrogen (secondary N) is 1. The summed E-state index contributed by atoms with van der Waals surface area (Å²) in [6.45, 7) is 1.80. The number of hydrogen-bond acceptors (Lipinski definition) is 4. The van der Waals surface area contributed by atoms with Gasteiger partial charge in [-0.05, 0) is 37.6 Å². The van der Waals surface area contributed by atoms with Crippen LogP contribution >= 0.6 is 0 Å². The molecule has 1 aliphatic heterocycles. The third-order valence-corrected chi connectivity index (χ3v) is 3.59. The Kier molecular flexibility index (Phi) is 5.10. The van der Waals surface area contributed by atoms with E-state index in [0.29, 0.717) is 17.7 Å². The van der Waals surface area contributed by atoms with E-state index in [1.807, 2.05) is 0 Å². The third kappa shape index (κ3) is 4.15. The molecular formula is C16H19N3O4. The van der Waals surface area contributed by atoms with Gasteiger partial charge in [-0.3, -0.25) is 19.3 Å². The molecule has 0 atom stereocenters. The number of urea groups is 1. The highest BCUT2D eigenvalue weighted by Crippen LogP contribution is 2.12. The number of imide groups is 1. The summed E-state index contributed by atoms with van der Waals surface area (Å²) in [4.78, 5) is 48.8. The van der Waals surface area contributed by atoms with Gasteiger partial charge in [0.2, 0.25) is 11.8 Å². The van der Waals surface area contributed by atoms with Crippen LogP contribution in [0.3, 0.4) is 0 Å². The number of anilines is 1. The number of carbonyl (C=O) groups excluding carboxylic acids is 4. The van der Waals surface area contributed by atoms with Gasteiger partial charge in [0, 0.05) is 31.3 Å². The van der Waals surface area contributed by atoms with Gasteiger partial charge in [-0.15, -0.1) is 0 Å². The number of carbonyl (C=O) groups is 4. The Bertz CT molecular complexity index is 639. The monoisotopic (exact) mass is 317 g/mol. The van der Waals surface area contributed by atoms with Crippen molar-refractivity contribution >= 4 is 29.3 Å². The molecule has 7 nitrogen and oxygen atoms in total. The lowest BCUT2D eigenvalue weighted by atomic mass is 10.1. The number of ketones is 1. The van der Waals surface area contributed by atoms with Gasteiger partial charge in [0.25, 0.3) is 0 Å². The smallest absolute Gasteiger partial charge is 0.326 e. The predicted molar refractivity (Wildman–Crippen MR) is 84.0 cm³/mol. The molecule has 1 aromatic carbocycles. The standard InChI is InChI=1S/C16H19N3O4/c1-11(20)12-5-7-13(8-6-12)17-14(21)4-3-9-19-15(22)10-18(2)16(19)23/h5-8H,3-4,9-10H2,1-2H3,(H,17,21). The van der Waals surface area contributed by atoms with E-state index in [2.05, 4.69) is 5.32 Å². The summed E-state index contributed by atoms with van der Waals surface area (Å²) in [6, 6.07) is 6.30. The Labute approximate surface area is 134 Å². The van der Waals surface area contributed by atoms with Gasteiger partial charge in [0.05, 0.1) is 0 Å². The van der Waals surface area contributed by atoms with E-state index in [9.17, 15) is 19.2 Å². The van der Waals surface area contributed by atoms with Crippen LogP contribution in [0, 0.1) is 0 Å². The molecule has 0 aliphatic carbocycles. The van der Waals surface area contributed by atoms with Crippen LogP contribution < -0.4 is 5.32 Å². The summed E-state index contributed by atoms with van der Waals surface area (Å²) in [5.41, 5.74) is 1.19. The second-order valence-electron chi connectivity index (χ2n) is 5.47. The quantitative estimate of drug-likeness (QED) is 0.636. The lowest BCUT2D eigenvalue weighted by Crippen LogP contribution is -2.32. The Hall–Kier alpha value is -2.70. The molecule has 23 heavy (non-hydrogen) atoms. The van der Waals surface area contributed by atoms with Crippen molar-refractivity contribution in [3.05, 3.63) is 29.8 Å². The third-order valence-electron chi connectivity index (χ3n) is 3.59. The first-order chi connectivity index (χ1) is 10.9. The van der Waals surface area contributed by atoms with Crippen LogP contribution in [0.15, 0.2) is 24.3 Å². The van der Waals surface area contributed by atoms with Crippen molar-refractivity contribution in [1.82, 2.24) is 9.80 Å². The SMILES string of the molecule is CC(=O)c1ccc(NC(=O)CCCN2C(=O)CN(C)C2=O)cc1. The number of benzene rings is 1. The molecule has 1 N–H and O–H groups in total. The fourth-order valence-corrected chi connectivity index (χ4v) is 2.30. The molecule has 0 unspecified atom stereocenters. The maximum Gasteiger partial charge on any atom is 0.326 e. The predicted octanol–water partition coefficient (Wildman–Crippen LogP) is 1.50. The molecule has 0 bridgehead atoms. The molecule has 0 saturated carbocycles. The van der Waals surface area contributed by atoms with Crippen LogP contribution in [0.4, 0.5) is 10.5 Å². The van der Waals surface area contributed by atoms with E-state index < -0.39 is 0 Å². The summed E-state index contributed by atoms with van der Waals surface area (Å²) in [5.74, 6) is -0.474. The summed E-state index contributed by atoms with van der Waals surface area (Å²) in [7, 11) is 1.57. The zero-order valence-electron chi connectivity index (χ0n) is 13.2. The van der Waals surface area contributed by atoms with Crippen molar-refractivity contribution in [2.75, 3.05) is 25.5 Å². The maximum atomic E-state index is 11.9. The number of Topliss-reactive ketones (excluding diaryl/α,β-unsaturated/α-hetero) is 1. The van der Waals surface area contributed by atoms with E-state index in [-0.39, 0.29) is 43.1 Å². The van der Waals surface area contributed by atoms with Crippen molar-refractivity contribution in [2.24, 2.45) is 0 Å². The van der Waals surface area contributed by atoms with Gasteiger partial charge < -0.3 is 10.2 Å². The topological polar surface area (TPSA) is 86.8 Å². The molecular weight excluding hydrogens is 298 g/mol. The first kappa shape index (κ1) is 16.7. The summed E-state index contributed by atoms with van der Waals surface area (Å²) in [5, 5.41) is 2.72. The van der Waals surface area contributed by atoms with E-state index in [4.69, 9.17) is 0 Å². The Balaban J connectivity index is 1.78. The van der Waals surface area contributed by atoms with Crippen molar-refractivity contribution < 1.29 is 19.2 Å². The molecule has 2 rings (SSSR count). The highest BCUT2D eigenvalue weighted by molar-refractivity contribution is 6.01. The number of hydrogen-bond donors (Lipinski definition) is 1. The van der Waals surface area contributed by atoms with Crippen LogP contribution in [0.2, 0.25) is 0 Å². The minimum Gasteiger partial charge on any atom is -0.326 e. The van der Waals surface area contributed by atoms with Crippen molar-refractivity contribution in [3.63, 3.8) is 0 Å². The molecule has 4 amide bonds. The molecule has 7 heteroatoms. The van der Waals surface area contributed by atoms with E-state index in [1.165, 1.54) is 11.8 Å². The zero-order chi connectivity index (χ0) is 17.0. The lowest BCUT2D eigenvalue weighted by Gasteiger charge is -2.13. The van der Waals surface area contributed by atoms with E-state index in [1.54, 1.807) is 31.3 Å². The first-order valence-electron chi connectivity index (χ1n) is 7.35. The van der Waals surface area contributed by atoms with E-state index in [0.717, 1.165) is 4.90 Å². The van der Waals surface area contributed by atoms with Crippen LogP contribution in [0.1, 0.15) is 30.1 Å². The Morgan fingerprint density at radius 2 is 1.83 bits per heavy atom. The fourth-order valence-electron chi connectivity index (χ4n) is 2.30. The van der Waals surface area contributed by atoms with Crippen LogP contribution in [-0.2, 0) is 9.59 Å². The van der Waals surface area contributed by atoms with Gasteiger partial charge in [-0.1, -0.05) is 0 Å². The van der Waals surface area contributed by atoms with Crippen LogP contribution in [-0.4, -0.2) is 53.6 Å². The molecule has 1 aliphatic rings. The number of rotatable bonds is 6. The Morgan fingerprint density at radius 3 is 2.35 bits per heavy atom. The number of likely N-dealkylation sites (N-methyl/N-ethyl adjacent to an activating group) is 1. The van der Waals surface area contributed by atoms with Gasteiger partial charge in [0.1, 0.15) is 6.54 Å². The van der Waals surface area contributed by atoms with Crippen molar-refractivity contribution in [1.29, 1.82) is 0 Å². The second-order valence-corrected chi connectivity index (χ2v) is 5.47. The largest absolute Gasteiger partial charge is 0.326 e. The van der Waals surface area contributed by atoms with Crippen molar-refractivity contribution in [3.8, 4) is 0 Å². The highest BCUT2D eigenvalue weighted by Gasteiger charge is 2.32. The van der Waals surface area contributed by atoms with Gasteiger partial charge in [-0.2, -0.15) is 0 Å². The first-order valence-corrected chi connectivity index (χ1v) is 7.35. The van der Waals surface area contributed by atoms with E-state index >= 15 is 0 Å². The molecule has 0 spiro atoms. The maximum absolute atomic E-state index is 11.9. The summed E-state index contributed by atoms with van der Waals surface area (Å²) in [6.07, 6.45) is 0.609. The van der Waals surface area contributed by atoms with Gasteiger partial charge >= 0.3 is 6.03 Å². The molecule has 0 radical (unpaired) electrons. The molecule has 1 fully saturated rings. The number of nitrogens with zero attached hydrogens (tertiary/aromatic N) is 2. The minimum absolute atomic E-state index is 0.0345. The van der Waals surface area contributed by atoms with Crippen LogP contribution in [0.5, 0.6) is 0 Å². The zero-order valence-corrected chi connectivity index (χ0v) is 13.2. The minimum atomic E-state index is -0.324. The summed E-state index contributed by atoms with van der Waals surface area (Å²) >= 11 is 0. The molecule has 122 valence electrons. The van der Waals surface area contributed by atoms with Crippen molar-refractivity contribution in [2.45, 2.75) is 19.8 Å². The molecule has 1 heterocycles. The second kappa shape index (κ2) is 7.04. The fraction of sp³-hybridized carbons (Fsp3) is 0.375. The average Bonchev–Trinajstić information content (AvgIpc) is 2.74. The molecule has 0 aromatic heterocycles. The molecule has 1 aromatic rings. The Morgan fingerprint density at radius 1 is 1.17 bits per heavy atom. The van der Waals surface area contributed by atoms with Gasteiger partial charge in [0.15, 0.2) is 5.78 Å². The lowest BCUT2D eigenvalue weighted by molar-refractivity contribution is -0.125. The highest BCUT2D eigenvalue weighted by atomic mass is 16.2. The average molecular weight is 317 g/mol. The van der Waals surface area contributed by atoms with Crippen LogP contribution in [0.25, 0.3) is 0 Å².